The van der Waals surface area contributed by atoms with E-state index in [-0.39, 0.29) is 18.0 Å². The van der Waals surface area contributed by atoms with Crippen molar-refractivity contribution in [1.29, 1.82) is 0 Å². The third-order valence-corrected chi connectivity index (χ3v) is 3.17. The molecule has 0 aromatic heterocycles. The van der Waals surface area contributed by atoms with E-state index in [9.17, 15) is 22.8 Å². The number of alkyl halides is 3. The Morgan fingerprint density at radius 3 is 2.11 bits per heavy atom. The van der Waals surface area contributed by atoms with Crippen LogP contribution in [0.1, 0.15) is 6.92 Å². The van der Waals surface area contributed by atoms with Crippen molar-refractivity contribution in [2.45, 2.75) is 13.1 Å². The molecule has 27 heavy (non-hydrogen) atoms. The van der Waals surface area contributed by atoms with E-state index in [4.69, 9.17) is 9.47 Å². The number of ether oxygens (including phenoxy) is 2. The third-order valence-electron chi connectivity index (χ3n) is 3.17. The Hall–Kier alpha value is -3.23. The molecule has 0 heterocycles. The molecule has 0 saturated heterocycles. The molecule has 2 amide bonds. The molecule has 2 N–H and O–H groups in total. The van der Waals surface area contributed by atoms with Crippen LogP contribution in [0.5, 0.6) is 11.5 Å². The third kappa shape index (κ3) is 6.21. The van der Waals surface area contributed by atoms with Gasteiger partial charge in [-0.05, 0) is 37.3 Å². The molecule has 0 radical (unpaired) electrons. The van der Waals surface area contributed by atoms with E-state index in [0.717, 1.165) is 0 Å². The fourth-order valence-corrected chi connectivity index (χ4v) is 2.06. The van der Waals surface area contributed by atoms with Crippen molar-refractivity contribution >= 4 is 23.2 Å². The van der Waals surface area contributed by atoms with E-state index in [0.29, 0.717) is 18.1 Å². The standard InChI is InChI=1S/C18H17F3N2O4/c1-2-26-14-8-3-4-9-15(14)27-11-16(24)22-12-6-5-7-13(10-12)23-17(25)18(19,20)21/h3-10H,2,11H2,1H3,(H,22,24)(H,23,25). The highest BCUT2D eigenvalue weighted by atomic mass is 19.4. The summed E-state index contributed by atoms with van der Waals surface area (Å²) in [7, 11) is 0. The Bertz CT molecular complexity index is 809. The number of carbonyl (C=O) groups is 2. The van der Waals surface area contributed by atoms with Crippen molar-refractivity contribution in [2.75, 3.05) is 23.8 Å². The average Bonchev–Trinajstić information content (AvgIpc) is 2.61. The Kier molecular flexibility index (Phi) is 6.64. The summed E-state index contributed by atoms with van der Waals surface area (Å²) in [6, 6.07) is 12.2. The molecule has 0 unspecified atom stereocenters. The summed E-state index contributed by atoms with van der Waals surface area (Å²) in [5.41, 5.74) is 0.111. The molecule has 0 atom stereocenters. The molecule has 6 nitrogen and oxygen atoms in total. The summed E-state index contributed by atoms with van der Waals surface area (Å²) in [5, 5.41) is 4.19. The lowest BCUT2D eigenvalue weighted by Crippen LogP contribution is -2.30. The second kappa shape index (κ2) is 8.93. The highest BCUT2D eigenvalue weighted by Crippen LogP contribution is 2.26. The number of hydrogen-bond donors (Lipinski definition) is 2. The molecular formula is C18H17F3N2O4. The van der Waals surface area contributed by atoms with Crippen molar-refractivity contribution in [3.63, 3.8) is 0 Å². The minimum absolute atomic E-state index is 0.0993. The molecule has 0 aliphatic heterocycles. The first-order valence-corrected chi connectivity index (χ1v) is 7.92. The predicted octanol–water partition coefficient (Wildman–Crippen LogP) is 3.60. The van der Waals surface area contributed by atoms with Crippen LogP contribution in [0.2, 0.25) is 0 Å². The van der Waals surface area contributed by atoms with Gasteiger partial charge in [-0.2, -0.15) is 13.2 Å². The van der Waals surface area contributed by atoms with Gasteiger partial charge in [0.2, 0.25) is 0 Å². The average molecular weight is 382 g/mol. The molecule has 0 spiro atoms. The zero-order valence-corrected chi connectivity index (χ0v) is 14.3. The van der Waals surface area contributed by atoms with E-state index >= 15 is 0 Å². The zero-order valence-electron chi connectivity index (χ0n) is 14.3. The van der Waals surface area contributed by atoms with Crippen LogP contribution in [0.4, 0.5) is 24.5 Å². The zero-order chi connectivity index (χ0) is 19.9. The van der Waals surface area contributed by atoms with Crippen LogP contribution in [0, 0.1) is 0 Å². The summed E-state index contributed by atoms with van der Waals surface area (Å²) in [6.45, 7) is 1.92. The monoisotopic (exact) mass is 382 g/mol. The van der Waals surface area contributed by atoms with Gasteiger partial charge in [-0.15, -0.1) is 0 Å². The fourth-order valence-electron chi connectivity index (χ4n) is 2.06. The highest BCUT2D eigenvalue weighted by Gasteiger charge is 2.38. The Morgan fingerprint density at radius 1 is 0.926 bits per heavy atom. The second-order valence-corrected chi connectivity index (χ2v) is 5.25. The molecule has 9 heteroatoms. The summed E-state index contributed by atoms with van der Waals surface area (Å²) in [6.07, 6.45) is -5.00. The molecule has 0 aliphatic rings. The first-order valence-electron chi connectivity index (χ1n) is 7.92. The maximum atomic E-state index is 12.3. The van der Waals surface area contributed by atoms with Crippen molar-refractivity contribution in [3.8, 4) is 11.5 Å². The van der Waals surface area contributed by atoms with E-state index in [1.54, 1.807) is 29.6 Å². The van der Waals surface area contributed by atoms with E-state index < -0.39 is 18.0 Å². The number of para-hydroxylation sites is 2. The Balaban J connectivity index is 1.94. The number of nitrogens with one attached hydrogen (secondary N) is 2. The lowest BCUT2D eigenvalue weighted by atomic mass is 10.2. The van der Waals surface area contributed by atoms with E-state index in [1.807, 2.05) is 6.92 Å². The van der Waals surface area contributed by atoms with Crippen LogP contribution in [0.25, 0.3) is 0 Å². The van der Waals surface area contributed by atoms with Gasteiger partial charge in [-0.1, -0.05) is 18.2 Å². The summed E-state index contributed by atoms with van der Waals surface area (Å²) < 4.78 is 47.6. The molecule has 0 fully saturated rings. The smallest absolute Gasteiger partial charge is 0.471 e. The number of rotatable bonds is 7. The minimum Gasteiger partial charge on any atom is -0.490 e. The normalized spacial score (nSPS) is 10.8. The van der Waals surface area contributed by atoms with Gasteiger partial charge in [-0.3, -0.25) is 9.59 Å². The number of carbonyl (C=O) groups excluding carboxylic acids is 2. The number of hydrogen-bond acceptors (Lipinski definition) is 4. The summed E-state index contributed by atoms with van der Waals surface area (Å²) in [4.78, 5) is 23.0. The molecule has 2 rings (SSSR count). The topological polar surface area (TPSA) is 76.7 Å². The largest absolute Gasteiger partial charge is 0.490 e. The molecule has 2 aromatic carbocycles. The van der Waals surface area contributed by atoms with Gasteiger partial charge >= 0.3 is 12.1 Å². The van der Waals surface area contributed by atoms with Crippen molar-refractivity contribution < 1.29 is 32.2 Å². The van der Waals surface area contributed by atoms with Crippen LogP contribution in [0.15, 0.2) is 48.5 Å². The van der Waals surface area contributed by atoms with Gasteiger partial charge in [0.05, 0.1) is 6.61 Å². The van der Waals surface area contributed by atoms with E-state index in [1.165, 1.54) is 24.3 Å². The predicted molar refractivity (Wildman–Crippen MR) is 92.9 cm³/mol. The quantitative estimate of drug-likeness (QED) is 0.767. The van der Waals surface area contributed by atoms with Crippen LogP contribution in [-0.4, -0.2) is 31.2 Å². The highest BCUT2D eigenvalue weighted by molar-refractivity contribution is 5.96. The van der Waals surface area contributed by atoms with Crippen LogP contribution in [0.3, 0.4) is 0 Å². The van der Waals surface area contributed by atoms with Crippen molar-refractivity contribution in [1.82, 2.24) is 0 Å². The van der Waals surface area contributed by atoms with Crippen LogP contribution >= 0.6 is 0 Å². The van der Waals surface area contributed by atoms with Gasteiger partial charge in [0.1, 0.15) is 0 Å². The van der Waals surface area contributed by atoms with Crippen molar-refractivity contribution in [2.24, 2.45) is 0 Å². The number of halogens is 3. The van der Waals surface area contributed by atoms with Crippen LogP contribution in [-0.2, 0) is 9.59 Å². The number of anilines is 2. The first-order chi connectivity index (χ1) is 12.8. The number of benzene rings is 2. The fraction of sp³-hybridized carbons (Fsp3) is 0.222. The summed E-state index contributed by atoms with van der Waals surface area (Å²) in [5.74, 6) is -1.74. The molecule has 0 saturated carbocycles. The van der Waals surface area contributed by atoms with Gasteiger partial charge in [-0.25, -0.2) is 0 Å². The lowest BCUT2D eigenvalue weighted by molar-refractivity contribution is -0.167. The maximum Gasteiger partial charge on any atom is 0.471 e. The molecule has 0 bridgehead atoms. The van der Waals surface area contributed by atoms with Gasteiger partial charge in [0, 0.05) is 11.4 Å². The van der Waals surface area contributed by atoms with Gasteiger partial charge < -0.3 is 20.1 Å². The first kappa shape index (κ1) is 20.1. The second-order valence-electron chi connectivity index (χ2n) is 5.25. The molecule has 2 aromatic rings. The summed E-state index contributed by atoms with van der Waals surface area (Å²) >= 11 is 0. The molecule has 144 valence electrons. The number of amides is 2. The minimum atomic E-state index is -5.00. The maximum absolute atomic E-state index is 12.3. The SMILES string of the molecule is CCOc1ccccc1OCC(=O)Nc1cccc(NC(=O)C(F)(F)F)c1. The molecule has 0 aliphatic carbocycles. The van der Waals surface area contributed by atoms with Gasteiger partial charge in [0.25, 0.3) is 5.91 Å². The lowest BCUT2D eigenvalue weighted by Gasteiger charge is -2.12. The van der Waals surface area contributed by atoms with Gasteiger partial charge in [0.15, 0.2) is 18.1 Å². The molecular weight excluding hydrogens is 365 g/mol. The van der Waals surface area contributed by atoms with Crippen molar-refractivity contribution in [3.05, 3.63) is 48.5 Å². The Labute approximate surface area is 153 Å². The van der Waals surface area contributed by atoms with Crippen LogP contribution < -0.4 is 20.1 Å². The van der Waals surface area contributed by atoms with E-state index in [2.05, 4.69) is 5.32 Å². The Morgan fingerprint density at radius 2 is 1.52 bits per heavy atom.